The van der Waals surface area contributed by atoms with Crippen molar-refractivity contribution in [1.29, 1.82) is 0 Å². The Kier molecular flexibility index (Phi) is 4.66. The number of imidazole rings is 1. The van der Waals surface area contributed by atoms with Crippen LogP contribution in [-0.4, -0.2) is 16.1 Å². The van der Waals surface area contributed by atoms with Crippen molar-refractivity contribution in [3.63, 3.8) is 0 Å². The molecule has 0 amide bonds. The van der Waals surface area contributed by atoms with Crippen LogP contribution in [0.15, 0.2) is 6.20 Å². The fourth-order valence-electron chi connectivity index (χ4n) is 1.69. The van der Waals surface area contributed by atoms with Crippen molar-refractivity contribution in [2.24, 2.45) is 5.92 Å². The van der Waals surface area contributed by atoms with Gasteiger partial charge in [0.1, 0.15) is 0 Å². The number of aryl methyl sites for hydroxylation is 2. The first-order chi connectivity index (χ1) is 7.13. The standard InChI is InChI=1S/C12H23N3/c1-5-13-12-14-11(4)9-15(12)8-6-7-10(2)3/h9-10H,5-8H2,1-4H3,(H,13,14). The summed E-state index contributed by atoms with van der Waals surface area (Å²) in [5.41, 5.74) is 1.09. The number of aromatic nitrogens is 2. The molecule has 3 nitrogen and oxygen atoms in total. The van der Waals surface area contributed by atoms with Gasteiger partial charge >= 0.3 is 0 Å². The molecular weight excluding hydrogens is 186 g/mol. The van der Waals surface area contributed by atoms with Gasteiger partial charge in [-0.05, 0) is 32.6 Å². The normalized spacial score (nSPS) is 11.0. The Morgan fingerprint density at radius 3 is 2.80 bits per heavy atom. The molecule has 1 rings (SSSR count). The lowest BCUT2D eigenvalue weighted by molar-refractivity contribution is 0.513. The van der Waals surface area contributed by atoms with Crippen molar-refractivity contribution in [2.45, 2.75) is 47.1 Å². The summed E-state index contributed by atoms with van der Waals surface area (Å²) in [6.07, 6.45) is 4.63. The lowest BCUT2D eigenvalue weighted by atomic mass is 10.1. The summed E-state index contributed by atoms with van der Waals surface area (Å²) >= 11 is 0. The summed E-state index contributed by atoms with van der Waals surface area (Å²) in [6, 6.07) is 0. The molecule has 0 bridgehead atoms. The summed E-state index contributed by atoms with van der Waals surface area (Å²) in [6.45, 7) is 10.7. The Bertz CT molecular complexity index is 289. The second kappa shape index (κ2) is 5.79. The molecule has 1 N–H and O–H groups in total. The molecule has 0 aliphatic rings. The second-order valence-electron chi connectivity index (χ2n) is 4.47. The van der Waals surface area contributed by atoms with Crippen molar-refractivity contribution in [3.8, 4) is 0 Å². The molecule has 0 spiro atoms. The Morgan fingerprint density at radius 2 is 2.20 bits per heavy atom. The molecule has 0 atom stereocenters. The highest BCUT2D eigenvalue weighted by Gasteiger charge is 2.04. The van der Waals surface area contributed by atoms with Gasteiger partial charge in [-0.25, -0.2) is 4.98 Å². The molecule has 86 valence electrons. The van der Waals surface area contributed by atoms with E-state index in [2.05, 4.69) is 41.8 Å². The average molecular weight is 209 g/mol. The number of nitrogens with one attached hydrogen (secondary N) is 1. The highest BCUT2D eigenvalue weighted by molar-refractivity contribution is 5.28. The molecular formula is C12H23N3. The monoisotopic (exact) mass is 209 g/mol. The van der Waals surface area contributed by atoms with Gasteiger partial charge in [0.15, 0.2) is 0 Å². The van der Waals surface area contributed by atoms with E-state index in [0.717, 1.165) is 30.6 Å². The minimum Gasteiger partial charge on any atom is -0.356 e. The van der Waals surface area contributed by atoms with Gasteiger partial charge in [-0.3, -0.25) is 0 Å². The molecule has 0 aliphatic carbocycles. The third-order valence-corrected chi connectivity index (χ3v) is 2.41. The first-order valence-corrected chi connectivity index (χ1v) is 5.91. The summed E-state index contributed by atoms with van der Waals surface area (Å²) in [7, 11) is 0. The quantitative estimate of drug-likeness (QED) is 0.780. The average Bonchev–Trinajstić information content (AvgIpc) is 2.47. The SMILES string of the molecule is CCNc1nc(C)cn1CCCC(C)C. The van der Waals surface area contributed by atoms with Crippen molar-refractivity contribution in [3.05, 3.63) is 11.9 Å². The van der Waals surface area contributed by atoms with Crippen LogP contribution in [0.3, 0.4) is 0 Å². The van der Waals surface area contributed by atoms with Crippen LogP contribution in [0.1, 0.15) is 39.3 Å². The highest BCUT2D eigenvalue weighted by Crippen LogP contribution is 2.11. The van der Waals surface area contributed by atoms with Gasteiger partial charge in [-0.15, -0.1) is 0 Å². The molecule has 3 heteroatoms. The maximum Gasteiger partial charge on any atom is 0.203 e. The van der Waals surface area contributed by atoms with Gasteiger partial charge in [0.05, 0.1) is 5.69 Å². The van der Waals surface area contributed by atoms with Crippen LogP contribution >= 0.6 is 0 Å². The van der Waals surface area contributed by atoms with E-state index in [-0.39, 0.29) is 0 Å². The third kappa shape index (κ3) is 3.94. The maximum atomic E-state index is 4.45. The van der Waals surface area contributed by atoms with E-state index in [1.165, 1.54) is 12.8 Å². The molecule has 0 radical (unpaired) electrons. The fraction of sp³-hybridized carbons (Fsp3) is 0.750. The van der Waals surface area contributed by atoms with E-state index in [1.807, 2.05) is 6.92 Å². The summed E-state index contributed by atoms with van der Waals surface area (Å²) in [4.78, 5) is 4.45. The van der Waals surface area contributed by atoms with Crippen LogP contribution in [0.25, 0.3) is 0 Å². The number of anilines is 1. The van der Waals surface area contributed by atoms with Crippen molar-refractivity contribution >= 4 is 5.95 Å². The predicted molar refractivity (Wildman–Crippen MR) is 65.2 cm³/mol. The smallest absolute Gasteiger partial charge is 0.203 e. The van der Waals surface area contributed by atoms with Gasteiger partial charge in [0.25, 0.3) is 0 Å². The zero-order valence-corrected chi connectivity index (χ0v) is 10.4. The first-order valence-electron chi connectivity index (χ1n) is 5.91. The van der Waals surface area contributed by atoms with Gasteiger partial charge in [0.2, 0.25) is 5.95 Å². The second-order valence-corrected chi connectivity index (χ2v) is 4.47. The molecule has 0 aliphatic heterocycles. The van der Waals surface area contributed by atoms with Crippen LogP contribution in [-0.2, 0) is 6.54 Å². The zero-order chi connectivity index (χ0) is 11.3. The number of hydrogen-bond donors (Lipinski definition) is 1. The third-order valence-electron chi connectivity index (χ3n) is 2.41. The van der Waals surface area contributed by atoms with Crippen molar-refractivity contribution in [1.82, 2.24) is 9.55 Å². The van der Waals surface area contributed by atoms with Crippen LogP contribution in [0.4, 0.5) is 5.95 Å². The molecule has 15 heavy (non-hydrogen) atoms. The Morgan fingerprint density at radius 1 is 1.47 bits per heavy atom. The number of nitrogens with zero attached hydrogens (tertiary/aromatic N) is 2. The van der Waals surface area contributed by atoms with Crippen LogP contribution in [0, 0.1) is 12.8 Å². The lowest BCUT2D eigenvalue weighted by Gasteiger charge is -2.09. The highest BCUT2D eigenvalue weighted by atomic mass is 15.2. The molecule has 1 aromatic heterocycles. The predicted octanol–water partition coefficient (Wildman–Crippen LogP) is 3.06. The van der Waals surface area contributed by atoms with E-state index >= 15 is 0 Å². The maximum absolute atomic E-state index is 4.45. The Labute approximate surface area is 92.9 Å². The topological polar surface area (TPSA) is 29.9 Å². The molecule has 1 aromatic rings. The fourth-order valence-corrected chi connectivity index (χ4v) is 1.69. The Balaban J connectivity index is 2.51. The van der Waals surface area contributed by atoms with Crippen molar-refractivity contribution in [2.75, 3.05) is 11.9 Å². The summed E-state index contributed by atoms with van der Waals surface area (Å²) in [5.74, 6) is 1.80. The zero-order valence-electron chi connectivity index (χ0n) is 10.4. The molecule has 0 saturated carbocycles. The van der Waals surface area contributed by atoms with Gasteiger partial charge in [-0.1, -0.05) is 13.8 Å². The van der Waals surface area contributed by atoms with E-state index in [0.29, 0.717) is 0 Å². The molecule has 0 aromatic carbocycles. The van der Waals surface area contributed by atoms with Crippen LogP contribution in [0.5, 0.6) is 0 Å². The van der Waals surface area contributed by atoms with E-state index in [9.17, 15) is 0 Å². The van der Waals surface area contributed by atoms with Crippen LogP contribution in [0.2, 0.25) is 0 Å². The molecule has 0 unspecified atom stereocenters. The molecule has 0 saturated heterocycles. The van der Waals surface area contributed by atoms with Gasteiger partial charge in [-0.2, -0.15) is 0 Å². The van der Waals surface area contributed by atoms with Gasteiger partial charge < -0.3 is 9.88 Å². The first kappa shape index (κ1) is 12.1. The minimum atomic E-state index is 0.789. The van der Waals surface area contributed by atoms with Gasteiger partial charge in [0, 0.05) is 19.3 Å². The molecule has 1 heterocycles. The Hall–Kier alpha value is -0.990. The summed E-state index contributed by atoms with van der Waals surface area (Å²) < 4.78 is 2.22. The number of rotatable bonds is 6. The minimum absolute atomic E-state index is 0.789. The van der Waals surface area contributed by atoms with Crippen LogP contribution < -0.4 is 5.32 Å². The molecule has 0 fully saturated rings. The van der Waals surface area contributed by atoms with E-state index < -0.39 is 0 Å². The van der Waals surface area contributed by atoms with E-state index in [1.54, 1.807) is 0 Å². The lowest BCUT2D eigenvalue weighted by Crippen LogP contribution is -2.07. The summed E-state index contributed by atoms with van der Waals surface area (Å²) in [5, 5.41) is 3.29. The largest absolute Gasteiger partial charge is 0.356 e. The van der Waals surface area contributed by atoms with E-state index in [4.69, 9.17) is 0 Å². The van der Waals surface area contributed by atoms with Crippen molar-refractivity contribution < 1.29 is 0 Å². The number of hydrogen-bond acceptors (Lipinski definition) is 2.